The van der Waals surface area contributed by atoms with Gasteiger partial charge in [-0.1, -0.05) is 13.8 Å². The van der Waals surface area contributed by atoms with Crippen LogP contribution in [0.1, 0.15) is 37.6 Å². The molecule has 96 valence electrons. The fourth-order valence-electron chi connectivity index (χ4n) is 2.21. The van der Waals surface area contributed by atoms with Crippen LogP contribution in [0.2, 0.25) is 0 Å². The van der Waals surface area contributed by atoms with Gasteiger partial charge in [-0.3, -0.25) is 14.4 Å². The lowest BCUT2D eigenvalue weighted by atomic mass is 10.0. The second-order valence-corrected chi connectivity index (χ2v) is 4.18. The van der Waals surface area contributed by atoms with Gasteiger partial charge >= 0.3 is 5.97 Å². The van der Waals surface area contributed by atoms with Crippen molar-refractivity contribution >= 4 is 5.97 Å². The van der Waals surface area contributed by atoms with Gasteiger partial charge in [-0.05, 0) is 20.0 Å². The molecule has 5 nitrogen and oxygen atoms in total. The lowest BCUT2D eigenvalue weighted by Gasteiger charge is -2.28. The van der Waals surface area contributed by atoms with Gasteiger partial charge in [0.05, 0.1) is 12.1 Å². The standard InChI is InChI=1S/C12H21N3O2/c1-5-15(6-2)11(7-12(16)17)10-8-14(4)13-9(10)3/h8,11H,5-7H2,1-4H3,(H,16,17). The average Bonchev–Trinajstić information content (AvgIpc) is 2.57. The molecule has 0 aromatic carbocycles. The molecule has 0 fully saturated rings. The highest BCUT2D eigenvalue weighted by Crippen LogP contribution is 2.26. The number of aromatic nitrogens is 2. The molecule has 0 aliphatic carbocycles. The Hall–Kier alpha value is -1.36. The van der Waals surface area contributed by atoms with Crippen LogP contribution < -0.4 is 0 Å². The Kier molecular flexibility index (Phi) is 4.69. The summed E-state index contributed by atoms with van der Waals surface area (Å²) in [6, 6.07) is -0.0869. The van der Waals surface area contributed by atoms with Gasteiger partial charge < -0.3 is 5.11 Å². The predicted molar refractivity (Wildman–Crippen MR) is 65.9 cm³/mol. The molecule has 1 aromatic heterocycles. The Morgan fingerprint density at radius 1 is 1.53 bits per heavy atom. The fraction of sp³-hybridized carbons (Fsp3) is 0.667. The molecule has 17 heavy (non-hydrogen) atoms. The van der Waals surface area contributed by atoms with E-state index in [4.69, 9.17) is 5.11 Å². The number of aryl methyl sites for hydroxylation is 2. The molecule has 0 aliphatic heterocycles. The van der Waals surface area contributed by atoms with Crippen LogP contribution >= 0.6 is 0 Å². The largest absolute Gasteiger partial charge is 0.481 e. The van der Waals surface area contributed by atoms with Crippen LogP contribution in [0.15, 0.2) is 6.20 Å². The summed E-state index contributed by atoms with van der Waals surface area (Å²) in [5.41, 5.74) is 1.92. The summed E-state index contributed by atoms with van der Waals surface area (Å²) < 4.78 is 1.74. The van der Waals surface area contributed by atoms with Gasteiger partial charge in [-0.15, -0.1) is 0 Å². The maximum atomic E-state index is 11.0. The second-order valence-electron chi connectivity index (χ2n) is 4.18. The van der Waals surface area contributed by atoms with E-state index in [1.165, 1.54) is 0 Å². The van der Waals surface area contributed by atoms with Crippen LogP contribution in [0.25, 0.3) is 0 Å². The zero-order valence-electron chi connectivity index (χ0n) is 11.0. The molecule has 5 heteroatoms. The summed E-state index contributed by atoms with van der Waals surface area (Å²) in [6.07, 6.45) is 2.04. The fourth-order valence-corrected chi connectivity index (χ4v) is 2.21. The summed E-state index contributed by atoms with van der Waals surface area (Å²) >= 11 is 0. The first-order chi connectivity index (χ1) is 7.99. The molecule has 0 spiro atoms. The maximum Gasteiger partial charge on any atom is 0.305 e. The minimum atomic E-state index is -0.773. The molecule has 1 rings (SSSR count). The third-order valence-corrected chi connectivity index (χ3v) is 3.03. The average molecular weight is 239 g/mol. The van der Waals surface area contributed by atoms with Crippen LogP contribution in [0.3, 0.4) is 0 Å². The summed E-state index contributed by atoms with van der Waals surface area (Å²) in [4.78, 5) is 13.1. The van der Waals surface area contributed by atoms with Crippen molar-refractivity contribution in [3.05, 3.63) is 17.5 Å². The number of nitrogens with zero attached hydrogens (tertiary/aromatic N) is 3. The lowest BCUT2D eigenvalue weighted by molar-refractivity contribution is -0.138. The first kappa shape index (κ1) is 13.7. The third-order valence-electron chi connectivity index (χ3n) is 3.03. The van der Waals surface area contributed by atoms with E-state index in [0.29, 0.717) is 0 Å². The van der Waals surface area contributed by atoms with Crippen molar-refractivity contribution in [3.63, 3.8) is 0 Å². The van der Waals surface area contributed by atoms with Crippen molar-refractivity contribution in [1.82, 2.24) is 14.7 Å². The van der Waals surface area contributed by atoms with Gasteiger partial charge in [-0.25, -0.2) is 0 Å². The highest BCUT2D eigenvalue weighted by atomic mass is 16.4. The molecule has 0 aliphatic rings. The van der Waals surface area contributed by atoms with E-state index in [9.17, 15) is 4.79 Å². The lowest BCUT2D eigenvalue weighted by Crippen LogP contribution is -2.30. The molecule has 0 saturated carbocycles. The number of hydrogen-bond donors (Lipinski definition) is 1. The van der Waals surface area contributed by atoms with E-state index in [2.05, 4.69) is 10.00 Å². The minimum Gasteiger partial charge on any atom is -0.481 e. The molecule has 0 bridgehead atoms. The molecule has 0 saturated heterocycles. The molecule has 0 radical (unpaired) electrons. The van der Waals surface area contributed by atoms with E-state index in [0.717, 1.165) is 24.3 Å². The summed E-state index contributed by atoms with van der Waals surface area (Å²) in [5.74, 6) is -0.773. The van der Waals surface area contributed by atoms with Gasteiger partial charge in [0.25, 0.3) is 0 Å². The second kappa shape index (κ2) is 5.82. The number of rotatable bonds is 6. The topological polar surface area (TPSA) is 58.4 Å². The van der Waals surface area contributed by atoms with E-state index >= 15 is 0 Å². The van der Waals surface area contributed by atoms with E-state index in [1.54, 1.807) is 4.68 Å². The zero-order chi connectivity index (χ0) is 13.0. The summed E-state index contributed by atoms with van der Waals surface area (Å²) in [7, 11) is 1.86. The van der Waals surface area contributed by atoms with Crippen molar-refractivity contribution in [2.75, 3.05) is 13.1 Å². The van der Waals surface area contributed by atoms with Crippen LogP contribution in [-0.4, -0.2) is 38.8 Å². The molecule has 0 amide bonds. The Morgan fingerprint density at radius 3 is 2.47 bits per heavy atom. The molecule has 1 aromatic rings. The SMILES string of the molecule is CCN(CC)C(CC(=O)O)c1cn(C)nc1C. The summed E-state index contributed by atoms with van der Waals surface area (Å²) in [6.45, 7) is 7.69. The van der Waals surface area contributed by atoms with Crippen molar-refractivity contribution in [2.24, 2.45) is 7.05 Å². The Balaban J connectivity index is 3.04. The number of carboxylic acids is 1. The van der Waals surface area contributed by atoms with Gasteiger partial charge in [-0.2, -0.15) is 5.10 Å². The predicted octanol–water partition coefficient (Wildman–Crippen LogP) is 1.59. The van der Waals surface area contributed by atoms with Gasteiger partial charge in [0.15, 0.2) is 0 Å². The number of carbonyl (C=O) groups is 1. The molecular weight excluding hydrogens is 218 g/mol. The normalized spacial score (nSPS) is 13.0. The van der Waals surface area contributed by atoms with Crippen molar-refractivity contribution in [3.8, 4) is 0 Å². The van der Waals surface area contributed by atoms with Crippen LogP contribution in [0.5, 0.6) is 0 Å². The number of carboxylic acid groups (broad SMARTS) is 1. The monoisotopic (exact) mass is 239 g/mol. The zero-order valence-corrected chi connectivity index (χ0v) is 11.0. The Labute approximate surface area is 102 Å². The quantitative estimate of drug-likeness (QED) is 0.819. The highest BCUT2D eigenvalue weighted by molar-refractivity contribution is 5.68. The third kappa shape index (κ3) is 3.30. The molecule has 1 heterocycles. The van der Waals surface area contributed by atoms with Gasteiger partial charge in [0.2, 0.25) is 0 Å². The van der Waals surface area contributed by atoms with Crippen LogP contribution in [-0.2, 0) is 11.8 Å². The number of aliphatic carboxylic acids is 1. The van der Waals surface area contributed by atoms with Crippen LogP contribution in [0.4, 0.5) is 0 Å². The van der Waals surface area contributed by atoms with Gasteiger partial charge in [0, 0.05) is 24.8 Å². The minimum absolute atomic E-state index is 0.0869. The smallest absolute Gasteiger partial charge is 0.305 e. The van der Waals surface area contributed by atoms with Crippen molar-refractivity contribution in [2.45, 2.75) is 33.2 Å². The van der Waals surface area contributed by atoms with E-state index < -0.39 is 5.97 Å². The highest BCUT2D eigenvalue weighted by Gasteiger charge is 2.24. The molecule has 1 atom stereocenters. The van der Waals surface area contributed by atoms with Gasteiger partial charge in [0.1, 0.15) is 0 Å². The van der Waals surface area contributed by atoms with E-state index in [-0.39, 0.29) is 12.5 Å². The van der Waals surface area contributed by atoms with Crippen molar-refractivity contribution < 1.29 is 9.90 Å². The van der Waals surface area contributed by atoms with E-state index in [1.807, 2.05) is 34.0 Å². The summed E-state index contributed by atoms with van der Waals surface area (Å²) in [5, 5.41) is 13.3. The molecule has 1 N–H and O–H groups in total. The first-order valence-corrected chi connectivity index (χ1v) is 5.95. The van der Waals surface area contributed by atoms with Crippen LogP contribution in [0, 0.1) is 6.92 Å². The Morgan fingerprint density at radius 2 is 2.12 bits per heavy atom. The molecular formula is C12H21N3O2. The Bertz CT molecular complexity index is 383. The first-order valence-electron chi connectivity index (χ1n) is 5.95. The number of hydrogen-bond acceptors (Lipinski definition) is 3. The maximum absolute atomic E-state index is 11.0. The molecule has 1 unspecified atom stereocenters. The van der Waals surface area contributed by atoms with Crippen molar-refractivity contribution in [1.29, 1.82) is 0 Å².